The van der Waals surface area contributed by atoms with Gasteiger partial charge in [-0.25, -0.2) is 0 Å². The lowest BCUT2D eigenvalue weighted by Crippen LogP contribution is -3.00. The van der Waals surface area contributed by atoms with Crippen LogP contribution in [0.4, 0.5) is 0 Å². The lowest BCUT2D eigenvalue weighted by Gasteiger charge is -2.34. The Morgan fingerprint density at radius 1 is 0.536 bits per heavy atom. The van der Waals surface area contributed by atoms with Crippen molar-refractivity contribution < 1.29 is 86.5 Å². The Hall–Kier alpha value is -3.34. The number of imide groups is 2. The zero-order valence-corrected chi connectivity index (χ0v) is 38.0. The third kappa shape index (κ3) is 10.6. The quantitative estimate of drug-likeness (QED) is 0.111. The zero-order valence-electron chi connectivity index (χ0n) is 33.6. The summed E-state index contributed by atoms with van der Waals surface area (Å²) in [4.78, 5) is 61.1. The molecule has 6 rings (SSSR count). The molecule has 0 unspecified atom stereocenters. The summed E-state index contributed by atoms with van der Waals surface area (Å²) in [6.45, 7) is 13.0. The Kier molecular flexibility index (Phi) is 20.7. The minimum atomic E-state index is -0.389. The van der Waals surface area contributed by atoms with E-state index in [1.54, 1.807) is 26.0 Å². The number of aromatic nitrogens is 2. The highest BCUT2D eigenvalue weighted by Gasteiger charge is 2.46. The molecule has 0 fully saturated rings. The Morgan fingerprint density at radius 3 is 1.14 bits per heavy atom. The van der Waals surface area contributed by atoms with Crippen LogP contribution in [0.1, 0.15) is 134 Å². The Balaban J connectivity index is 0.00000127. The second kappa shape index (κ2) is 23.8. The van der Waals surface area contributed by atoms with Gasteiger partial charge in [-0.15, -0.1) is 0 Å². The molecule has 0 saturated carbocycles. The Bertz CT molecular complexity index is 1790. The average Bonchev–Trinajstić information content (AvgIpc) is 3.19. The molecular weight excluding hydrogens is 934 g/mol. The lowest BCUT2D eigenvalue weighted by molar-refractivity contribution is -0.596. The van der Waals surface area contributed by atoms with E-state index in [1.165, 1.54) is 9.80 Å². The maximum Gasteiger partial charge on any atom is 0.268 e. The number of carbonyl (C=O) groups is 4. The van der Waals surface area contributed by atoms with Crippen LogP contribution in [0.3, 0.4) is 0 Å². The van der Waals surface area contributed by atoms with Gasteiger partial charge in [-0.05, 0) is 38.5 Å². The average molecular weight is 993 g/mol. The van der Waals surface area contributed by atoms with E-state index in [1.807, 2.05) is 70.3 Å². The molecule has 304 valence electrons. The first-order valence-electron chi connectivity index (χ1n) is 19.7. The second-order valence-corrected chi connectivity index (χ2v) is 13.9. The lowest BCUT2D eigenvalue weighted by atomic mass is 9.83. The Morgan fingerprint density at radius 2 is 0.857 bits per heavy atom. The number of aliphatic hydroxyl groups excluding tert-OH is 2. The largest absolute Gasteiger partial charge is 1.00 e. The van der Waals surface area contributed by atoms with E-state index < -0.39 is 0 Å². The molecule has 2 aliphatic heterocycles. The van der Waals surface area contributed by atoms with E-state index in [4.69, 9.17) is 10.2 Å². The fraction of sp³-hybridized carbons (Fsp3) is 0.455. The molecule has 12 heteroatoms. The van der Waals surface area contributed by atoms with Crippen molar-refractivity contribution in [1.29, 1.82) is 0 Å². The van der Waals surface area contributed by atoms with E-state index in [0.717, 1.165) is 51.4 Å². The number of rotatable bonds is 14. The molecule has 2 atom stereocenters. The number of pyridine rings is 2. The van der Waals surface area contributed by atoms with Crippen LogP contribution in [0.2, 0.25) is 0 Å². The molecule has 4 aromatic rings. The Labute approximate surface area is 366 Å². The van der Waals surface area contributed by atoms with Gasteiger partial charge in [0.15, 0.2) is 24.8 Å². The number of benzene rings is 2. The van der Waals surface area contributed by atoms with E-state index in [0.29, 0.717) is 57.5 Å². The number of hydrogen-bond acceptors (Lipinski definition) is 6. The molecule has 2 N–H and O–H groups in total. The molecule has 0 spiro atoms. The monoisotopic (exact) mass is 992 g/mol. The van der Waals surface area contributed by atoms with Crippen LogP contribution in [-0.4, -0.2) is 69.9 Å². The topological polar surface area (TPSA) is 123 Å². The molecule has 0 saturated heterocycles. The molecule has 0 aliphatic carbocycles. The fourth-order valence-corrected chi connectivity index (χ4v) is 7.33. The van der Waals surface area contributed by atoms with Crippen LogP contribution in [0.25, 0.3) is 22.1 Å². The van der Waals surface area contributed by atoms with Crippen LogP contribution in [0.15, 0.2) is 73.3 Å². The van der Waals surface area contributed by atoms with Crippen molar-refractivity contribution in [3.05, 3.63) is 95.6 Å². The summed E-state index contributed by atoms with van der Waals surface area (Å²) in [5, 5.41) is 15.9. The van der Waals surface area contributed by atoms with E-state index >= 15 is 0 Å². The normalized spacial score (nSPS) is 13.9. The molecule has 2 aliphatic rings. The zero-order chi connectivity index (χ0) is 39.4. The summed E-state index contributed by atoms with van der Waals surface area (Å²) in [5.74, 6) is -1.22. The fourth-order valence-electron chi connectivity index (χ4n) is 7.33. The number of hydrogen-bond donors (Lipinski definition) is 2. The van der Waals surface area contributed by atoms with Crippen molar-refractivity contribution in [3.8, 4) is 11.4 Å². The third-order valence-corrected chi connectivity index (χ3v) is 10.2. The molecule has 2 aromatic heterocycles. The third-order valence-electron chi connectivity index (χ3n) is 10.2. The van der Waals surface area contributed by atoms with E-state index in [-0.39, 0.29) is 96.6 Å². The predicted octanol–water partition coefficient (Wildman–Crippen LogP) is 1.02. The summed E-state index contributed by atoms with van der Waals surface area (Å²) >= 11 is 0. The number of halogens is 2. The van der Waals surface area contributed by atoms with Crippen molar-refractivity contribution >= 4 is 34.4 Å². The maximum atomic E-state index is 14.6. The van der Waals surface area contributed by atoms with Crippen LogP contribution < -0.4 is 57.1 Å². The number of carbonyl (C=O) groups excluding carboxylic acids is 4. The second-order valence-electron chi connectivity index (χ2n) is 13.9. The van der Waals surface area contributed by atoms with E-state index in [2.05, 4.69) is 27.7 Å². The van der Waals surface area contributed by atoms with Gasteiger partial charge in [-0.3, -0.25) is 29.0 Å². The summed E-state index contributed by atoms with van der Waals surface area (Å²) in [7, 11) is 0. The smallest absolute Gasteiger partial charge is 0.268 e. The molecule has 0 bridgehead atoms. The van der Waals surface area contributed by atoms with Gasteiger partial charge in [0.25, 0.3) is 23.6 Å². The van der Waals surface area contributed by atoms with Crippen molar-refractivity contribution in [3.63, 3.8) is 0 Å². The highest BCUT2D eigenvalue weighted by molar-refractivity contribution is 6.35. The standard InChI is InChI=1S/C40H46N4O4.2C2H6O.2HI/c1-5-9-17-27(7-3)25-43-37(45)29-23-32(42-21-15-12-16-22-42)36-34-30(38(46)44(40(36)48)26-28(8-4)18-10-6-2)24-31(35(33(29)34)39(43)47)41-19-13-11-14-20-41;2*1-2-3;;/h11-16,19-24,27-28H,5-10,17-18,25-26H2,1-4H3;2*3H,2H2,1H3;2*1H/q+2;;;;/p-2/t27-,28+;;;;. The minimum absolute atomic E-state index is 0. The molecule has 0 radical (unpaired) electrons. The first-order valence-corrected chi connectivity index (χ1v) is 19.7. The van der Waals surface area contributed by atoms with Crippen molar-refractivity contribution in [2.45, 2.75) is 92.9 Å². The van der Waals surface area contributed by atoms with Crippen LogP contribution in [0, 0.1) is 11.8 Å². The van der Waals surface area contributed by atoms with Gasteiger partial charge in [0, 0.05) is 73.5 Å². The summed E-state index contributed by atoms with van der Waals surface area (Å²) in [5.41, 5.74) is 2.41. The van der Waals surface area contributed by atoms with E-state index in [9.17, 15) is 19.2 Å². The van der Waals surface area contributed by atoms with Crippen molar-refractivity contribution in [1.82, 2.24) is 9.80 Å². The SMILES string of the molecule is CCCC[C@@H](CC)CN1C(=O)c2cc(-[n+]3ccccc3)c3c4c(cc(-[n+]5ccccc5)c(c24)C1=O)C(=O)N(C[C@@H](CC)CCCC)C3=O.CCO.CCO.[I-].[I-]. The first kappa shape index (κ1) is 48.8. The van der Waals surface area contributed by atoms with Gasteiger partial charge < -0.3 is 58.2 Å². The van der Waals surface area contributed by atoms with Crippen LogP contribution >= 0.6 is 0 Å². The van der Waals surface area contributed by atoms with Crippen LogP contribution in [0.5, 0.6) is 0 Å². The number of aliphatic hydroxyl groups is 2. The minimum Gasteiger partial charge on any atom is -1.00 e. The van der Waals surface area contributed by atoms with Gasteiger partial charge in [-0.1, -0.05) is 78.4 Å². The summed E-state index contributed by atoms with van der Waals surface area (Å²) < 4.78 is 3.66. The number of amides is 4. The number of unbranched alkanes of at least 4 members (excludes halogenated alkanes) is 2. The molecule has 4 heterocycles. The van der Waals surface area contributed by atoms with Crippen LogP contribution in [-0.2, 0) is 0 Å². The molecule has 2 aromatic carbocycles. The van der Waals surface area contributed by atoms with Crippen molar-refractivity contribution in [2.24, 2.45) is 11.8 Å². The van der Waals surface area contributed by atoms with Gasteiger partial charge >= 0.3 is 0 Å². The van der Waals surface area contributed by atoms with Gasteiger partial charge in [0.2, 0.25) is 11.4 Å². The molecular formula is C44H58I2N4O6. The molecule has 10 nitrogen and oxygen atoms in total. The van der Waals surface area contributed by atoms with Crippen molar-refractivity contribution in [2.75, 3.05) is 26.3 Å². The first-order chi connectivity index (χ1) is 26.2. The summed E-state index contributed by atoms with van der Waals surface area (Å²) in [6.07, 6.45) is 15.0. The molecule has 56 heavy (non-hydrogen) atoms. The van der Waals surface area contributed by atoms with Gasteiger partial charge in [0.05, 0.1) is 11.1 Å². The highest BCUT2D eigenvalue weighted by atomic mass is 127. The van der Waals surface area contributed by atoms with Gasteiger partial charge in [0.1, 0.15) is 11.1 Å². The number of nitrogens with zero attached hydrogens (tertiary/aromatic N) is 4. The molecule has 4 amide bonds. The predicted molar refractivity (Wildman–Crippen MR) is 210 cm³/mol. The highest BCUT2D eigenvalue weighted by Crippen LogP contribution is 2.42. The maximum absolute atomic E-state index is 14.6. The van der Waals surface area contributed by atoms with Gasteiger partial charge in [-0.2, -0.15) is 9.13 Å². The summed E-state index contributed by atoms with van der Waals surface area (Å²) in [6, 6.07) is 14.8.